The van der Waals surface area contributed by atoms with Crippen molar-refractivity contribution in [2.24, 2.45) is 0 Å². The number of carbonyl (C=O) groups excluding carboxylic acids is 1. The maximum absolute atomic E-state index is 12.4. The minimum atomic E-state index is -0.295. The number of hydrogen-bond donors (Lipinski definition) is 2. The number of nitrogens with one attached hydrogen (secondary N) is 2. The van der Waals surface area contributed by atoms with Gasteiger partial charge in [-0.05, 0) is 56.3 Å². The van der Waals surface area contributed by atoms with Crippen molar-refractivity contribution in [3.8, 4) is 11.5 Å². The second kappa shape index (κ2) is 8.11. The largest absolute Gasteiger partial charge is 0.457 e. The molecular weight excluding hydrogens is 328 g/mol. The first-order valence-electron chi connectivity index (χ1n) is 8.34. The summed E-state index contributed by atoms with van der Waals surface area (Å²) < 4.78 is 5.73. The van der Waals surface area contributed by atoms with Gasteiger partial charge in [-0.25, -0.2) is 9.97 Å². The van der Waals surface area contributed by atoms with Gasteiger partial charge in [0.1, 0.15) is 17.2 Å². The van der Waals surface area contributed by atoms with Gasteiger partial charge < -0.3 is 15.4 Å². The lowest BCUT2D eigenvalue weighted by Crippen LogP contribution is -2.17. The minimum Gasteiger partial charge on any atom is -0.457 e. The van der Waals surface area contributed by atoms with Crippen LogP contribution in [-0.2, 0) is 0 Å². The Morgan fingerprint density at radius 1 is 0.962 bits per heavy atom. The Bertz CT molecular complexity index is 864. The van der Waals surface area contributed by atoms with E-state index in [0.29, 0.717) is 23.1 Å². The van der Waals surface area contributed by atoms with Crippen LogP contribution in [0.15, 0.2) is 66.9 Å². The van der Waals surface area contributed by atoms with Crippen molar-refractivity contribution < 1.29 is 9.53 Å². The fourth-order valence-electron chi connectivity index (χ4n) is 2.24. The topological polar surface area (TPSA) is 76.1 Å². The Kier molecular flexibility index (Phi) is 5.43. The first kappa shape index (κ1) is 17.4. The number of anilines is 2. The minimum absolute atomic E-state index is 0.186. The van der Waals surface area contributed by atoms with Crippen LogP contribution in [0.25, 0.3) is 0 Å². The smallest absolute Gasteiger partial charge is 0.274 e. The van der Waals surface area contributed by atoms with Crippen molar-refractivity contribution in [3.63, 3.8) is 0 Å². The molecule has 0 saturated heterocycles. The third-order valence-corrected chi connectivity index (χ3v) is 3.40. The normalized spacial score (nSPS) is 10.4. The first-order valence-corrected chi connectivity index (χ1v) is 8.34. The Morgan fingerprint density at radius 2 is 1.65 bits per heavy atom. The van der Waals surface area contributed by atoms with E-state index in [1.165, 1.54) is 0 Å². The molecule has 2 aromatic carbocycles. The van der Waals surface area contributed by atoms with Crippen LogP contribution in [0.4, 0.5) is 11.6 Å². The summed E-state index contributed by atoms with van der Waals surface area (Å²) in [5.74, 6) is 1.59. The predicted molar refractivity (Wildman–Crippen MR) is 102 cm³/mol. The molecule has 3 rings (SSSR count). The van der Waals surface area contributed by atoms with E-state index < -0.39 is 0 Å². The molecule has 0 fully saturated rings. The molecule has 0 unspecified atom stereocenters. The Morgan fingerprint density at radius 3 is 2.35 bits per heavy atom. The number of para-hydroxylation sites is 1. The number of ether oxygens (including phenoxy) is 1. The zero-order valence-electron chi connectivity index (χ0n) is 14.6. The molecule has 0 aliphatic heterocycles. The Labute approximate surface area is 152 Å². The van der Waals surface area contributed by atoms with Crippen molar-refractivity contribution in [1.29, 1.82) is 0 Å². The van der Waals surface area contributed by atoms with Crippen LogP contribution in [0.1, 0.15) is 24.3 Å². The molecule has 0 aliphatic rings. The second-order valence-corrected chi connectivity index (χ2v) is 5.96. The van der Waals surface area contributed by atoms with Crippen molar-refractivity contribution in [2.75, 3.05) is 10.6 Å². The highest BCUT2D eigenvalue weighted by atomic mass is 16.5. The number of hydrogen-bond acceptors (Lipinski definition) is 5. The lowest BCUT2D eigenvalue weighted by molar-refractivity contribution is 0.102. The predicted octanol–water partition coefficient (Wildman–Crippen LogP) is 4.34. The van der Waals surface area contributed by atoms with E-state index in [1.807, 2.05) is 44.2 Å². The molecule has 0 saturated carbocycles. The Balaban J connectivity index is 1.64. The average molecular weight is 348 g/mol. The van der Waals surface area contributed by atoms with Gasteiger partial charge in [0.2, 0.25) is 5.95 Å². The molecule has 6 nitrogen and oxygen atoms in total. The van der Waals surface area contributed by atoms with Crippen LogP contribution in [0.3, 0.4) is 0 Å². The lowest BCUT2D eigenvalue weighted by atomic mass is 10.3. The van der Waals surface area contributed by atoms with Crippen molar-refractivity contribution in [2.45, 2.75) is 19.9 Å². The quantitative estimate of drug-likeness (QED) is 0.693. The van der Waals surface area contributed by atoms with Gasteiger partial charge in [0, 0.05) is 17.9 Å². The van der Waals surface area contributed by atoms with Gasteiger partial charge in [0.05, 0.1) is 0 Å². The van der Waals surface area contributed by atoms with Crippen LogP contribution in [-0.4, -0.2) is 21.9 Å². The molecule has 1 aromatic heterocycles. The fourth-order valence-corrected chi connectivity index (χ4v) is 2.24. The maximum Gasteiger partial charge on any atom is 0.274 e. The van der Waals surface area contributed by atoms with Crippen LogP contribution in [0, 0.1) is 0 Å². The monoisotopic (exact) mass is 348 g/mol. The number of benzene rings is 2. The highest BCUT2D eigenvalue weighted by molar-refractivity contribution is 6.02. The number of aromatic nitrogens is 2. The van der Waals surface area contributed by atoms with Crippen molar-refractivity contribution in [3.05, 3.63) is 72.6 Å². The summed E-state index contributed by atoms with van der Waals surface area (Å²) in [4.78, 5) is 20.7. The molecule has 0 spiro atoms. The summed E-state index contributed by atoms with van der Waals surface area (Å²) >= 11 is 0. The van der Waals surface area contributed by atoms with E-state index in [4.69, 9.17) is 4.74 Å². The average Bonchev–Trinajstić information content (AvgIpc) is 2.64. The molecule has 3 aromatic rings. The number of amides is 1. The van der Waals surface area contributed by atoms with E-state index in [1.54, 1.807) is 36.5 Å². The molecule has 132 valence electrons. The third kappa shape index (κ3) is 4.80. The molecule has 1 heterocycles. The molecule has 0 atom stereocenters. The van der Waals surface area contributed by atoms with Gasteiger partial charge in [-0.3, -0.25) is 4.79 Å². The molecule has 1 amide bonds. The standard InChI is InChI=1S/C20H20N4O2/c1-14(2)22-20-21-13-12-18(24-20)19(25)23-15-8-10-17(11-9-15)26-16-6-4-3-5-7-16/h3-14H,1-2H3,(H,23,25)(H,21,22,24). The number of nitrogens with zero attached hydrogens (tertiary/aromatic N) is 2. The van der Waals surface area contributed by atoms with Gasteiger partial charge >= 0.3 is 0 Å². The molecule has 0 bridgehead atoms. The van der Waals surface area contributed by atoms with Crippen LogP contribution >= 0.6 is 0 Å². The van der Waals surface area contributed by atoms with Gasteiger partial charge in [0.25, 0.3) is 5.91 Å². The third-order valence-electron chi connectivity index (χ3n) is 3.40. The van der Waals surface area contributed by atoms with Crippen molar-refractivity contribution >= 4 is 17.5 Å². The van der Waals surface area contributed by atoms with Crippen LogP contribution in [0.5, 0.6) is 11.5 Å². The van der Waals surface area contributed by atoms with Gasteiger partial charge in [-0.2, -0.15) is 0 Å². The van der Waals surface area contributed by atoms with Gasteiger partial charge in [-0.15, -0.1) is 0 Å². The second-order valence-electron chi connectivity index (χ2n) is 5.96. The summed E-state index contributed by atoms with van der Waals surface area (Å²) in [7, 11) is 0. The fraction of sp³-hybridized carbons (Fsp3) is 0.150. The summed E-state index contributed by atoms with van der Waals surface area (Å²) in [6, 6.07) is 18.4. The summed E-state index contributed by atoms with van der Waals surface area (Å²) in [5, 5.41) is 5.89. The van der Waals surface area contributed by atoms with Crippen molar-refractivity contribution in [1.82, 2.24) is 9.97 Å². The molecule has 0 radical (unpaired) electrons. The summed E-state index contributed by atoms with van der Waals surface area (Å²) in [5.41, 5.74) is 0.958. The molecule has 26 heavy (non-hydrogen) atoms. The molecule has 2 N–H and O–H groups in total. The van der Waals surface area contributed by atoms with E-state index in [9.17, 15) is 4.79 Å². The zero-order chi connectivity index (χ0) is 18.4. The molecular formula is C20H20N4O2. The van der Waals surface area contributed by atoms with E-state index in [0.717, 1.165) is 5.75 Å². The van der Waals surface area contributed by atoms with Crippen LogP contribution < -0.4 is 15.4 Å². The highest BCUT2D eigenvalue weighted by Gasteiger charge is 2.10. The summed E-state index contributed by atoms with van der Waals surface area (Å²) in [6.07, 6.45) is 1.56. The van der Waals surface area contributed by atoms with E-state index in [-0.39, 0.29) is 11.9 Å². The zero-order valence-corrected chi connectivity index (χ0v) is 14.6. The Hall–Kier alpha value is -3.41. The number of rotatable bonds is 6. The van der Waals surface area contributed by atoms with E-state index in [2.05, 4.69) is 20.6 Å². The highest BCUT2D eigenvalue weighted by Crippen LogP contribution is 2.22. The SMILES string of the molecule is CC(C)Nc1nccc(C(=O)Nc2ccc(Oc3ccccc3)cc2)n1. The lowest BCUT2D eigenvalue weighted by Gasteiger charge is -2.10. The van der Waals surface area contributed by atoms with Gasteiger partial charge in [-0.1, -0.05) is 18.2 Å². The molecule has 0 aliphatic carbocycles. The maximum atomic E-state index is 12.4. The molecule has 6 heteroatoms. The van der Waals surface area contributed by atoms with Crippen LogP contribution in [0.2, 0.25) is 0 Å². The first-order chi connectivity index (χ1) is 12.6. The summed E-state index contributed by atoms with van der Waals surface area (Å²) in [6.45, 7) is 3.96. The van der Waals surface area contributed by atoms with E-state index >= 15 is 0 Å². The number of carbonyl (C=O) groups is 1. The van der Waals surface area contributed by atoms with Gasteiger partial charge in [0.15, 0.2) is 0 Å².